The fourth-order valence-electron chi connectivity index (χ4n) is 3.08. The first-order valence-electron chi connectivity index (χ1n) is 7.84. The Morgan fingerprint density at radius 2 is 2.07 bits per heavy atom. The molecular formula is C18H11BrFN3O4S. The van der Waals surface area contributed by atoms with E-state index < -0.39 is 17.7 Å². The molecule has 4 aromatic rings. The van der Waals surface area contributed by atoms with E-state index >= 15 is 0 Å². The molecule has 28 heavy (non-hydrogen) atoms. The number of primary amides is 1. The van der Waals surface area contributed by atoms with Gasteiger partial charge < -0.3 is 20.6 Å². The fourth-order valence-corrected chi connectivity index (χ4v) is 4.81. The van der Waals surface area contributed by atoms with Crippen LogP contribution in [0.3, 0.4) is 0 Å². The Balaban J connectivity index is 2.10. The number of benzene rings is 2. The van der Waals surface area contributed by atoms with Crippen LogP contribution >= 0.6 is 27.3 Å². The number of carboxylic acid groups (broad SMARTS) is 1. The number of halogens is 2. The molecule has 0 saturated carbocycles. The molecule has 0 aliphatic carbocycles. The number of fused-ring (bicyclic) bond motifs is 2. The topological polar surface area (TPSA) is 118 Å². The number of carboxylic acids is 1. The summed E-state index contributed by atoms with van der Waals surface area (Å²) in [5, 5.41) is 10.0. The van der Waals surface area contributed by atoms with Crippen molar-refractivity contribution in [3.63, 3.8) is 0 Å². The van der Waals surface area contributed by atoms with Gasteiger partial charge in [0.25, 0.3) is 5.91 Å². The van der Waals surface area contributed by atoms with E-state index in [1.54, 1.807) is 6.07 Å². The maximum atomic E-state index is 14.3. The van der Waals surface area contributed by atoms with Gasteiger partial charge in [0, 0.05) is 9.86 Å². The normalized spacial score (nSPS) is 11.2. The molecule has 142 valence electrons. The lowest BCUT2D eigenvalue weighted by Crippen LogP contribution is -2.12. The molecule has 0 bridgehead atoms. The van der Waals surface area contributed by atoms with Crippen LogP contribution in [0.1, 0.15) is 20.0 Å². The molecule has 0 fully saturated rings. The summed E-state index contributed by atoms with van der Waals surface area (Å²) in [5.74, 6) is -2.02. The van der Waals surface area contributed by atoms with Gasteiger partial charge in [0.2, 0.25) is 0 Å². The minimum Gasteiger partial charge on any atom is -0.494 e. The number of nitrogens with one attached hydrogen (secondary N) is 1. The van der Waals surface area contributed by atoms with E-state index in [-0.39, 0.29) is 32.3 Å². The second-order valence-corrected chi connectivity index (χ2v) is 7.71. The average Bonchev–Trinajstić information content (AvgIpc) is 3.25. The van der Waals surface area contributed by atoms with Crippen LogP contribution in [0.15, 0.2) is 28.7 Å². The van der Waals surface area contributed by atoms with Crippen LogP contribution < -0.4 is 10.5 Å². The van der Waals surface area contributed by atoms with Crippen molar-refractivity contribution in [2.45, 2.75) is 0 Å². The molecule has 0 atom stereocenters. The lowest BCUT2D eigenvalue weighted by atomic mass is 10.1. The second-order valence-electron chi connectivity index (χ2n) is 5.84. The number of aromatic amines is 1. The minimum absolute atomic E-state index is 0.0612. The van der Waals surface area contributed by atoms with Gasteiger partial charge in [-0.3, -0.25) is 4.79 Å². The summed E-state index contributed by atoms with van der Waals surface area (Å²) >= 11 is 4.19. The molecule has 0 saturated heterocycles. The number of imidazole rings is 1. The number of hydrogen-bond donors (Lipinski definition) is 3. The average molecular weight is 464 g/mol. The van der Waals surface area contributed by atoms with Gasteiger partial charge in [0.05, 0.1) is 28.5 Å². The number of aromatic nitrogens is 2. The first-order valence-corrected chi connectivity index (χ1v) is 9.45. The van der Waals surface area contributed by atoms with E-state index in [1.807, 2.05) is 0 Å². The smallest absolute Gasteiger partial charge is 0.346 e. The van der Waals surface area contributed by atoms with Crippen molar-refractivity contribution in [1.82, 2.24) is 9.97 Å². The Morgan fingerprint density at radius 3 is 2.71 bits per heavy atom. The lowest BCUT2D eigenvalue weighted by Gasteiger charge is -2.05. The summed E-state index contributed by atoms with van der Waals surface area (Å²) in [6.45, 7) is 0. The summed E-state index contributed by atoms with van der Waals surface area (Å²) < 4.78 is 20.3. The maximum absolute atomic E-state index is 14.3. The molecule has 2 aromatic heterocycles. The van der Waals surface area contributed by atoms with Crippen molar-refractivity contribution < 1.29 is 23.8 Å². The van der Waals surface area contributed by atoms with Crippen molar-refractivity contribution in [3.05, 3.63) is 45.0 Å². The highest BCUT2D eigenvalue weighted by molar-refractivity contribution is 9.10. The number of hydrogen-bond acceptors (Lipinski definition) is 5. The Morgan fingerprint density at radius 1 is 1.32 bits per heavy atom. The van der Waals surface area contributed by atoms with E-state index in [9.17, 15) is 19.1 Å². The summed E-state index contributed by atoms with van der Waals surface area (Å²) in [6.07, 6.45) is 0. The monoisotopic (exact) mass is 463 g/mol. The third-order valence-electron chi connectivity index (χ3n) is 4.25. The van der Waals surface area contributed by atoms with Crippen molar-refractivity contribution in [2.75, 3.05) is 7.11 Å². The molecule has 0 unspecified atom stereocenters. The molecule has 2 aromatic carbocycles. The number of aromatic carboxylic acids is 1. The molecule has 0 aliphatic rings. The molecule has 4 rings (SSSR count). The van der Waals surface area contributed by atoms with Gasteiger partial charge in [-0.05, 0) is 24.3 Å². The summed E-state index contributed by atoms with van der Waals surface area (Å²) in [4.78, 5) is 30.9. The first-order chi connectivity index (χ1) is 13.3. The Hall–Kier alpha value is -2.98. The lowest BCUT2D eigenvalue weighted by molar-refractivity contribution is 0.0702. The van der Waals surface area contributed by atoms with Crippen LogP contribution in [0, 0.1) is 5.82 Å². The van der Waals surface area contributed by atoms with Gasteiger partial charge in [0.1, 0.15) is 22.0 Å². The molecule has 2 heterocycles. The molecular weight excluding hydrogens is 453 g/mol. The van der Waals surface area contributed by atoms with Crippen molar-refractivity contribution in [3.8, 4) is 17.1 Å². The van der Waals surface area contributed by atoms with E-state index in [0.29, 0.717) is 20.9 Å². The molecule has 7 nitrogen and oxygen atoms in total. The number of amides is 1. The Kier molecular flexibility index (Phi) is 4.31. The number of rotatable bonds is 4. The third kappa shape index (κ3) is 2.64. The van der Waals surface area contributed by atoms with Gasteiger partial charge in [-0.1, -0.05) is 15.9 Å². The first kappa shape index (κ1) is 18.4. The predicted molar refractivity (Wildman–Crippen MR) is 107 cm³/mol. The zero-order valence-electron chi connectivity index (χ0n) is 14.2. The number of ether oxygens (including phenoxy) is 1. The van der Waals surface area contributed by atoms with Crippen LogP contribution in [-0.4, -0.2) is 34.1 Å². The van der Waals surface area contributed by atoms with Gasteiger partial charge in [0.15, 0.2) is 5.75 Å². The van der Waals surface area contributed by atoms with Crippen LogP contribution in [0.2, 0.25) is 0 Å². The van der Waals surface area contributed by atoms with Crippen molar-refractivity contribution in [2.24, 2.45) is 5.73 Å². The quantitative estimate of drug-likeness (QED) is 0.419. The second kappa shape index (κ2) is 6.57. The van der Waals surface area contributed by atoms with Gasteiger partial charge in [-0.2, -0.15) is 0 Å². The number of H-pyrrole nitrogens is 1. The van der Waals surface area contributed by atoms with E-state index in [0.717, 1.165) is 11.3 Å². The molecule has 1 amide bonds. The maximum Gasteiger partial charge on any atom is 0.346 e. The number of carbonyl (C=O) groups is 2. The SMILES string of the molecule is COc1c(C(N)=O)ccc2[nH]c(-c3c(C(=O)O)sc4c(F)ccc(Br)c34)nc12. The number of nitrogens with two attached hydrogens (primary N) is 1. The Bertz CT molecular complexity index is 1300. The zero-order chi connectivity index (χ0) is 20.2. The zero-order valence-corrected chi connectivity index (χ0v) is 16.6. The van der Waals surface area contributed by atoms with Crippen molar-refractivity contribution >= 4 is 60.3 Å². The highest BCUT2D eigenvalue weighted by Crippen LogP contribution is 2.43. The van der Waals surface area contributed by atoms with E-state index in [1.165, 1.54) is 25.3 Å². The molecule has 0 radical (unpaired) electrons. The fraction of sp³-hybridized carbons (Fsp3) is 0.0556. The highest BCUT2D eigenvalue weighted by atomic mass is 79.9. The van der Waals surface area contributed by atoms with E-state index in [4.69, 9.17) is 10.5 Å². The van der Waals surface area contributed by atoms with Gasteiger partial charge in [-0.25, -0.2) is 14.2 Å². The molecule has 0 spiro atoms. The molecule has 10 heteroatoms. The van der Waals surface area contributed by atoms with Crippen LogP contribution in [-0.2, 0) is 0 Å². The Labute approximate surface area is 169 Å². The number of nitrogens with zero attached hydrogens (tertiary/aromatic N) is 1. The highest BCUT2D eigenvalue weighted by Gasteiger charge is 2.26. The standard InChI is InChI=1S/C18H11BrFN3O4S/c1-27-13-6(16(21)24)2-5-9-12(13)23-17(22-9)11-10-7(19)3-4-8(20)14(10)28-15(11)18(25)26/h2-5H,1H3,(H2,21,24)(H,22,23)(H,25,26). The molecule has 0 aliphatic heterocycles. The van der Waals surface area contributed by atoms with Crippen molar-refractivity contribution in [1.29, 1.82) is 0 Å². The summed E-state index contributed by atoms with van der Waals surface area (Å²) in [6, 6.07) is 5.86. The predicted octanol–water partition coefficient (Wildman–Crippen LogP) is 4.15. The molecule has 4 N–H and O–H groups in total. The van der Waals surface area contributed by atoms with Gasteiger partial charge in [-0.15, -0.1) is 11.3 Å². The summed E-state index contributed by atoms with van der Waals surface area (Å²) in [7, 11) is 1.38. The minimum atomic E-state index is -1.20. The number of carbonyl (C=O) groups excluding carboxylic acids is 1. The third-order valence-corrected chi connectivity index (χ3v) is 6.10. The van der Waals surface area contributed by atoms with Crippen LogP contribution in [0.5, 0.6) is 5.75 Å². The number of thiophene rings is 1. The van der Waals surface area contributed by atoms with Gasteiger partial charge >= 0.3 is 5.97 Å². The van der Waals surface area contributed by atoms with Crippen LogP contribution in [0.25, 0.3) is 32.5 Å². The van der Waals surface area contributed by atoms with Crippen LogP contribution in [0.4, 0.5) is 4.39 Å². The number of methoxy groups -OCH3 is 1. The summed E-state index contributed by atoms with van der Waals surface area (Å²) in [5.41, 5.74) is 6.60. The van der Waals surface area contributed by atoms with E-state index in [2.05, 4.69) is 25.9 Å². The largest absolute Gasteiger partial charge is 0.494 e.